The minimum atomic E-state index is -0.0993. The molecule has 1 atom stereocenters. The predicted molar refractivity (Wildman–Crippen MR) is 91.0 cm³/mol. The highest BCUT2D eigenvalue weighted by Crippen LogP contribution is 2.16. The van der Waals surface area contributed by atoms with Gasteiger partial charge in [0, 0.05) is 26.1 Å². The number of rotatable bonds is 13. The van der Waals surface area contributed by atoms with E-state index in [4.69, 9.17) is 16.3 Å². The summed E-state index contributed by atoms with van der Waals surface area (Å²) in [4.78, 5) is 3.96. The molecule has 1 aliphatic rings. The van der Waals surface area contributed by atoms with Crippen molar-refractivity contribution in [1.29, 1.82) is 0 Å². The van der Waals surface area contributed by atoms with Gasteiger partial charge in [-0.25, -0.2) is 0 Å². The molecule has 124 valence electrons. The van der Waals surface area contributed by atoms with Crippen molar-refractivity contribution in [3.63, 3.8) is 0 Å². The van der Waals surface area contributed by atoms with Crippen molar-refractivity contribution >= 4 is 11.6 Å². The van der Waals surface area contributed by atoms with Crippen LogP contribution in [0.25, 0.3) is 0 Å². The molecule has 0 saturated carbocycles. The summed E-state index contributed by atoms with van der Waals surface area (Å²) in [5.41, 5.74) is -0.0993. The van der Waals surface area contributed by atoms with E-state index in [1.807, 2.05) is 29.2 Å². The van der Waals surface area contributed by atoms with Crippen molar-refractivity contribution in [2.24, 2.45) is 0 Å². The third-order valence-corrected chi connectivity index (χ3v) is 4.54. The van der Waals surface area contributed by atoms with Crippen LogP contribution in [-0.4, -0.2) is 35.8 Å². The van der Waals surface area contributed by atoms with Crippen molar-refractivity contribution in [1.82, 2.24) is 9.80 Å². The molecule has 0 N–H and O–H groups in total. The Balaban J connectivity index is 1.78. The highest BCUT2D eigenvalue weighted by molar-refractivity contribution is 6.20. The van der Waals surface area contributed by atoms with Gasteiger partial charge in [-0.15, -0.1) is 0 Å². The molecule has 4 heteroatoms. The minimum Gasteiger partial charge on any atom is -0.361 e. The largest absolute Gasteiger partial charge is 0.361 e. The summed E-state index contributed by atoms with van der Waals surface area (Å²) in [5, 5.41) is 0. The van der Waals surface area contributed by atoms with Gasteiger partial charge in [0.1, 0.15) is 6.73 Å². The molecule has 0 amide bonds. The third kappa shape index (κ3) is 8.57. The maximum atomic E-state index is 6.18. The molecule has 0 aromatic carbocycles. The van der Waals surface area contributed by atoms with Gasteiger partial charge in [-0.3, -0.25) is 0 Å². The van der Waals surface area contributed by atoms with Gasteiger partial charge in [-0.05, 0) is 6.42 Å². The molecule has 1 rings (SSSR count). The predicted octanol–water partition coefficient (Wildman–Crippen LogP) is 5.12. The first-order valence-corrected chi connectivity index (χ1v) is 9.07. The fourth-order valence-electron chi connectivity index (χ4n) is 2.53. The molecule has 21 heavy (non-hydrogen) atoms. The molecule has 0 aliphatic carbocycles. The summed E-state index contributed by atoms with van der Waals surface area (Å²) in [7, 11) is 1.97. The second-order valence-electron chi connectivity index (χ2n) is 6.01. The van der Waals surface area contributed by atoms with Crippen LogP contribution in [0.4, 0.5) is 0 Å². The Bertz CT molecular complexity index is 274. The molecule has 0 aromatic heterocycles. The van der Waals surface area contributed by atoms with E-state index in [0.29, 0.717) is 6.73 Å². The van der Waals surface area contributed by atoms with Crippen LogP contribution in [0.2, 0.25) is 0 Å². The van der Waals surface area contributed by atoms with Gasteiger partial charge in [0.05, 0.1) is 0 Å². The first kappa shape index (κ1) is 18.6. The Hall–Kier alpha value is -0.410. The van der Waals surface area contributed by atoms with E-state index in [0.717, 1.165) is 13.0 Å². The fraction of sp³-hybridized carbons (Fsp3) is 0.882. The van der Waals surface area contributed by atoms with Crippen LogP contribution in [0.5, 0.6) is 0 Å². The van der Waals surface area contributed by atoms with Crippen molar-refractivity contribution in [3.8, 4) is 0 Å². The number of nitrogens with zero attached hydrogens (tertiary/aromatic N) is 2. The van der Waals surface area contributed by atoms with Crippen molar-refractivity contribution in [2.45, 2.75) is 76.8 Å². The van der Waals surface area contributed by atoms with Gasteiger partial charge in [0.15, 0.2) is 5.62 Å². The molecule has 0 fully saturated rings. The van der Waals surface area contributed by atoms with E-state index in [1.165, 1.54) is 57.8 Å². The smallest absolute Gasteiger partial charge is 0.181 e. The van der Waals surface area contributed by atoms with Crippen LogP contribution in [0, 0.1) is 0 Å². The summed E-state index contributed by atoms with van der Waals surface area (Å²) < 4.78 is 5.67. The van der Waals surface area contributed by atoms with E-state index in [2.05, 4.69) is 6.92 Å². The van der Waals surface area contributed by atoms with Gasteiger partial charge in [-0.1, -0.05) is 76.3 Å². The zero-order chi connectivity index (χ0) is 15.3. The van der Waals surface area contributed by atoms with Crippen LogP contribution in [0.3, 0.4) is 0 Å². The molecule has 1 unspecified atom stereocenters. The van der Waals surface area contributed by atoms with Crippen LogP contribution < -0.4 is 0 Å². The Morgan fingerprint density at radius 1 is 0.905 bits per heavy atom. The lowest BCUT2D eigenvalue weighted by Crippen LogP contribution is -2.33. The Kier molecular flexibility index (Phi) is 10.8. The van der Waals surface area contributed by atoms with E-state index in [-0.39, 0.29) is 5.62 Å². The van der Waals surface area contributed by atoms with Gasteiger partial charge in [0.25, 0.3) is 0 Å². The number of hydrogen-bond acceptors (Lipinski definition) is 3. The normalized spacial score (nSPS) is 18.0. The Morgan fingerprint density at radius 2 is 1.48 bits per heavy atom. The van der Waals surface area contributed by atoms with Crippen LogP contribution >= 0.6 is 11.6 Å². The summed E-state index contributed by atoms with van der Waals surface area (Å²) in [6.07, 6.45) is 17.6. The summed E-state index contributed by atoms with van der Waals surface area (Å²) in [6.45, 7) is 3.70. The van der Waals surface area contributed by atoms with Gasteiger partial charge in [-0.2, -0.15) is 0 Å². The summed E-state index contributed by atoms with van der Waals surface area (Å²) in [5.74, 6) is 0. The Labute approximate surface area is 136 Å². The second-order valence-corrected chi connectivity index (χ2v) is 6.40. The fourth-order valence-corrected chi connectivity index (χ4v) is 2.72. The highest BCUT2D eigenvalue weighted by Gasteiger charge is 2.20. The molecular formula is C17H33ClN2O. The lowest BCUT2D eigenvalue weighted by Gasteiger charge is -2.24. The number of ether oxygens (including phenoxy) is 1. The molecule has 0 spiro atoms. The van der Waals surface area contributed by atoms with E-state index in [9.17, 15) is 0 Å². The van der Waals surface area contributed by atoms with Crippen molar-refractivity contribution < 1.29 is 4.74 Å². The SMILES string of the molecule is CCCCCCCCCCCCOCN1C=CN(C)C1Cl. The second kappa shape index (κ2) is 12.2. The molecule has 0 aromatic rings. The zero-order valence-corrected chi connectivity index (χ0v) is 14.7. The maximum Gasteiger partial charge on any atom is 0.181 e. The molecule has 1 aliphatic heterocycles. The maximum absolute atomic E-state index is 6.18. The summed E-state index contributed by atoms with van der Waals surface area (Å²) in [6, 6.07) is 0. The molecule has 0 saturated heterocycles. The number of unbranched alkanes of at least 4 members (excludes halogenated alkanes) is 9. The molecule has 0 radical (unpaired) electrons. The lowest BCUT2D eigenvalue weighted by molar-refractivity contribution is 0.0354. The topological polar surface area (TPSA) is 15.7 Å². The van der Waals surface area contributed by atoms with E-state index in [1.54, 1.807) is 0 Å². The monoisotopic (exact) mass is 316 g/mol. The van der Waals surface area contributed by atoms with Gasteiger partial charge in [0.2, 0.25) is 0 Å². The van der Waals surface area contributed by atoms with Crippen LogP contribution in [0.1, 0.15) is 71.1 Å². The standard InChI is InChI=1S/C17H33ClN2O/c1-3-4-5-6-7-8-9-10-11-12-15-21-16-20-14-13-19(2)17(20)18/h13-14,17H,3-12,15-16H2,1-2H3. The number of hydrogen-bond donors (Lipinski definition) is 0. The average molecular weight is 317 g/mol. The first-order valence-electron chi connectivity index (χ1n) is 8.63. The van der Waals surface area contributed by atoms with Crippen LogP contribution in [0.15, 0.2) is 12.4 Å². The molecule has 1 heterocycles. The van der Waals surface area contributed by atoms with Crippen LogP contribution in [-0.2, 0) is 4.74 Å². The highest BCUT2D eigenvalue weighted by atomic mass is 35.5. The molecule has 3 nitrogen and oxygen atoms in total. The first-order chi connectivity index (χ1) is 10.3. The van der Waals surface area contributed by atoms with Crippen molar-refractivity contribution in [3.05, 3.63) is 12.4 Å². The third-order valence-electron chi connectivity index (χ3n) is 3.99. The van der Waals surface area contributed by atoms with Crippen molar-refractivity contribution in [2.75, 3.05) is 20.4 Å². The molecular weight excluding hydrogens is 284 g/mol. The van der Waals surface area contributed by atoms with Gasteiger partial charge >= 0.3 is 0 Å². The minimum absolute atomic E-state index is 0.0993. The quantitative estimate of drug-likeness (QED) is 0.266. The zero-order valence-electron chi connectivity index (χ0n) is 13.9. The number of alkyl halides is 1. The van der Waals surface area contributed by atoms with E-state index >= 15 is 0 Å². The lowest BCUT2D eigenvalue weighted by atomic mass is 10.1. The number of halogens is 1. The average Bonchev–Trinajstić information content (AvgIpc) is 2.80. The molecule has 0 bridgehead atoms. The Morgan fingerprint density at radius 3 is 2.00 bits per heavy atom. The summed E-state index contributed by atoms with van der Waals surface area (Å²) >= 11 is 6.18. The van der Waals surface area contributed by atoms with E-state index < -0.39 is 0 Å². The van der Waals surface area contributed by atoms with Gasteiger partial charge < -0.3 is 14.5 Å².